The number of hydrogen-bond donors (Lipinski definition) is 2. The van der Waals surface area contributed by atoms with Crippen molar-refractivity contribution in [1.82, 2.24) is 10.6 Å². The summed E-state index contributed by atoms with van der Waals surface area (Å²) in [6.07, 6.45) is 0. The van der Waals surface area contributed by atoms with Crippen LogP contribution >= 0.6 is 27.3 Å². The summed E-state index contributed by atoms with van der Waals surface area (Å²) in [4.78, 5) is 24.0. The number of nitrogens with one attached hydrogen (secondary N) is 2. The molecule has 122 valence electrons. The molecule has 0 saturated heterocycles. The first-order valence-corrected chi connectivity index (χ1v) is 8.66. The highest BCUT2D eigenvalue weighted by molar-refractivity contribution is 9.11. The van der Waals surface area contributed by atoms with Gasteiger partial charge in [-0.15, -0.1) is 11.3 Å². The Balaban J connectivity index is 1.64. The first-order valence-electron chi connectivity index (χ1n) is 7.05. The lowest BCUT2D eigenvalue weighted by Crippen LogP contribution is -2.38. The number of halogens is 1. The van der Waals surface area contributed by atoms with E-state index in [1.807, 2.05) is 31.2 Å². The van der Waals surface area contributed by atoms with Gasteiger partial charge in [0.05, 0.1) is 21.8 Å². The quantitative estimate of drug-likeness (QED) is 0.707. The number of thiophene rings is 1. The summed E-state index contributed by atoms with van der Waals surface area (Å²) in [7, 11) is 0. The standard InChI is InChI=1S/C16H17BrN2O3S/c1-11-4-2-3-5-12(11)22-9-8-18-15(20)10-19-16(21)13-6-7-14(17)23-13/h2-7H,8-10H2,1H3,(H,18,20)(H,19,21). The van der Waals surface area contributed by atoms with E-state index in [9.17, 15) is 9.59 Å². The van der Waals surface area contributed by atoms with Gasteiger partial charge in [0.25, 0.3) is 5.91 Å². The van der Waals surface area contributed by atoms with Gasteiger partial charge < -0.3 is 15.4 Å². The zero-order chi connectivity index (χ0) is 16.7. The molecule has 23 heavy (non-hydrogen) atoms. The highest BCUT2D eigenvalue weighted by atomic mass is 79.9. The van der Waals surface area contributed by atoms with Crippen LogP contribution in [0.15, 0.2) is 40.2 Å². The third-order valence-electron chi connectivity index (χ3n) is 2.98. The van der Waals surface area contributed by atoms with Gasteiger partial charge in [0.15, 0.2) is 0 Å². The summed E-state index contributed by atoms with van der Waals surface area (Å²) in [6.45, 7) is 2.67. The smallest absolute Gasteiger partial charge is 0.261 e. The van der Waals surface area contributed by atoms with Crippen molar-refractivity contribution in [3.8, 4) is 5.75 Å². The van der Waals surface area contributed by atoms with Crippen LogP contribution in [0.4, 0.5) is 0 Å². The third-order valence-corrected chi connectivity index (χ3v) is 4.60. The Labute approximate surface area is 147 Å². The van der Waals surface area contributed by atoms with Gasteiger partial charge >= 0.3 is 0 Å². The van der Waals surface area contributed by atoms with Crippen LogP contribution < -0.4 is 15.4 Å². The summed E-state index contributed by atoms with van der Waals surface area (Å²) in [5.41, 5.74) is 1.05. The molecule has 1 heterocycles. The zero-order valence-corrected chi connectivity index (χ0v) is 15.0. The Kier molecular flexibility index (Phi) is 6.61. The summed E-state index contributed by atoms with van der Waals surface area (Å²) >= 11 is 4.61. The Bertz CT molecular complexity index is 687. The maximum atomic E-state index is 11.8. The molecule has 1 aromatic carbocycles. The molecule has 0 radical (unpaired) electrons. The molecule has 0 saturated carbocycles. The molecule has 2 N–H and O–H groups in total. The van der Waals surface area contributed by atoms with Crippen molar-refractivity contribution >= 4 is 39.1 Å². The molecule has 0 atom stereocenters. The fraction of sp³-hybridized carbons (Fsp3) is 0.250. The van der Waals surface area contributed by atoms with E-state index >= 15 is 0 Å². The third kappa shape index (κ3) is 5.69. The van der Waals surface area contributed by atoms with Crippen LogP contribution in [0.1, 0.15) is 15.2 Å². The minimum Gasteiger partial charge on any atom is -0.491 e. The molecule has 1 aromatic heterocycles. The monoisotopic (exact) mass is 396 g/mol. The van der Waals surface area contributed by atoms with Crippen molar-refractivity contribution in [3.05, 3.63) is 50.6 Å². The Morgan fingerprint density at radius 2 is 1.96 bits per heavy atom. The van der Waals surface area contributed by atoms with Crippen molar-refractivity contribution in [1.29, 1.82) is 0 Å². The molecule has 0 fully saturated rings. The number of rotatable bonds is 7. The van der Waals surface area contributed by atoms with Crippen LogP contribution in [0.25, 0.3) is 0 Å². The van der Waals surface area contributed by atoms with E-state index < -0.39 is 0 Å². The molecular weight excluding hydrogens is 380 g/mol. The minimum absolute atomic E-state index is 0.0568. The van der Waals surface area contributed by atoms with Gasteiger partial charge in [-0.2, -0.15) is 0 Å². The van der Waals surface area contributed by atoms with E-state index in [0.29, 0.717) is 18.0 Å². The van der Waals surface area contributed by atoms with Crippen LogP contribution in [-0.4, -0.2) is 31.5 Å². The predicted octanol–water partition coefficient (Wildman–Crippen LogP) is 2.74. The fourth-order valence-electron chi connectivity index (χ4n) is 1.82. The average Bonchev–Trinajstić information content (AvgIpc) is 2.97. The SMILES string of the molecule is Cc1ccccc1OCCNC(=O)CNC(=O)c1ccc(Br)s1. The number of para-hydroxylation sites is 1. The van der Waals surface area contributed by atoms with Gasteiger partial charge in [0.2, 0.25) is 5.91 Å². The maximum absolute atomic E-state index is 11.8. The van der Waals surface area contributed by atoms with Gasteiger partial charge in [0.1, 0.15) is 12.4 Å². The average molecular weight is 397 g/mol. The number of benzene rings is 1. The second-order valence-corrected chi connectivity index (χ2v) is 7.21. The topological polar surface area (TPSA) is 67.4 Å². The number of carbonyl (C=O) groups excluding carboxylic acids is 2. The van der Waals surface area contributed by atoms with E-state index in [4.69, 9.17) is 4.74 Å². The lowest BCUT2D eigenvalue weighted by molar-refractivity contribution is -0.120. The van der Waals surface area contributed by atoms with E-state index in [-0.39, 0.29) is 18.4 Å². The largest absolute Gasteiger partial charge is 0.491 e. The molecule has 0 aliphatic rings. The van der Waals surface area contributed by atoms with Gasteiger partial charge in [-0.25, -0.2) is 0 Å². The second kappa shape index (κ2) is 8.69. The molecule has 2 rings (SSSR count). The van der Waals surface area contributed by atoms with Crippen LogP contribution in [0.5, 0.6) is 5.75 Å². The Hall–Kier alpha value is -1.86. The molecule has 2 amide bonds. The molecule has 7 heteroatoms. The fourth-order valence-corrected chi connectivity index (χ4v) is 3.12. The van der Waals surface area contributed by atoms with Crippen molar-refractivity contribution in [2.45, 2.75) is 6.92 Å². The van der Waals surface area contributed by atoms with Crippen LogP contribution in [0, 0.1) is 6.92 Å². The van der Waals surface area contributed by atoms with Crippen molar-refractivity contribution in [2.75, 3.05) is 19.7 Å². The van der Waals surface area contributed by atoms with Gasteiger partial charge in [-0.3, -0.25) is 9.59 Å². The number of aryl methyl sites for hydroxylation is 1. The van der Waals surface area contributed by atoms with Crippen molar-refractivity contribution < 1.29 is 14.3 Å². The molecule has 0 spiro atoms. The number of carbonyl (C=O) groups is 2. The van der Waals surface area contributed by atoms with Crippen molar-refractivity contribution in [2.24, 2.45) is 0 Å². The van der Waals surface area contributed by atoms with Gasteiger partial charge in [0, 0.05) is 0 Å². The van der Waals surface area contributed by atoms with E-state index in [2.05, 4.69) is 26.6 Å². The normalized spacial score (nSPS) is 10.2. The van der Waals surface area contributed by atoms with Gasteiger partial charge in [-0.1, -0.05) is 18.2 Å². The molecule has 0 unspecified atom stereocenters. The van der Waals surface area contributed by atoms with Gasteiger partial charge in [-0.05, 0) is 46.6 Å². The predicted molar refractivity (Wildman–Crippen MR) is 94.0 cm³/mol. The summed E-state index contributed by atoms with van der Waals surface area (Å²) in [6, 6.07) is 11.2. The van der Waals surface area contributed by atoms with E-state index in [1.165, 1.54) is 11.3 Å². The molecule has 5 nitrogen and oxygen atoms in total. The highest BCUT2D eigenvalue weighted by Crippen LogP contribution is 2.21. The molecule has 0 aliphatic heterocycles. The summed E-state index contributed by atoms with van der Waals surface area (Å²) < 4.78 is 6.45. The number of amides is 2. The van der Waals surface area contributed by atoms with Crippen LogP contribution in [0.3, 0.4) is 0 Å². The van der Waals surface area contributed by atoms with Crippen LogP contribution in [-0.2, 0) is 4.79 Å². The van der Waals surface area contributed by atoms with Crippen molar-refractivity contribution in [3.63, 3.8) is 0 Å². The van der Waals surface area contributed by atoms with Crippen LogP contribution in [0.2, 0.25) is 0 Å². The Morgan fingerprint density at radius 3 is 2.65 bits per heavy atom. The molecule has 2 aromatic rings. The lowest BCUT2D eigenvalue weighted by atomic mass is 10.2. The minimum atomic E-state index is -0.257. The highest BCUT2D eigenvalue weighted by Gasteiger charge is 2.10. The second-order valence-electron chi connectivity index (χ2n) is 4.75. The zero-order valence-electron chi connectivity index (χ0n) is 12.6. The molecular formula is C16H17BrN2O3S. The Morgan fingerprint density at radius 1 is 1.17 bits per heavy atom. The summed E-state index contributed by atoms with van der Waals surface area (Å²) in [5.74, 6) is 0.299. The summed E-state index contributed by atoms with van der Waals surface area (Å²) in [5, 5.41) is 5.28. The first kappa shape index (κ1) is 17.5. The lowest BCUT2D eigenvalue weighted by Gasteiger charge is -2.10. The van der Waals surface area contributed by atoms with E-state index in [0.717, 1.165) is 15.1 Å². The first-order chi connectivity index (χ1) is 11.1. The number of hydrogen-bond acceptors (Lipinski definition) is 4. The number of ether oxygens (including phenoxy) is 1. The maximum Gasteiger partial charge on any atom is 0.261 e. The van der Waals surface area contributed by atoms with E-state index in [1.54, 1.807) is 12.1 Å². The molecule has 0 aliphatic carbocycles. The molecule has 0 bridgehead atoms.